The van der Waals surface area contributed by atoms with Crippen LogP contribution in [0.25, 0.3) is 0 Å². The molecule has 0 bridgehead atoms. The predicted octanol–water partition coefficient (Wildman–Crippen LogP) is 4.01. The summed E-state index contributed by atoms with van der Waals surface area (Å²) in [5, 5.41) is 17.2. The minimum atomic E-state index is -0.627. The van der Waals surface area contributed by atoms with Gasteiger partial charge in [-0.25, -0.2) is 4.39 Å². The number of nitrogens with one attached hydrogen (secondary N) is 2. The van der Waals surface area contributed by atoms with Gasteiger partial charge in [-0.15, -0.1) is 24.0 Å². The van der Waals surface area contributed by atoms with E-state index in [1.54, 1.807) is 12.1 Å². The van der Waals surface area contributed by atoms with Crippen molar-refractivity contribution in [3.63, 3.8) is 0 Å². The number of benzene rings is 2. The second kappa shape index (κ2) is 13.7. The number of hydrogen-bond donors (Lipinski definition) is 3. The van der Waals surface area contributed by atoms with Gasteiger partial charge in [-0.3, -0.25) is 9.89 Å². The number of rotatable bonds is 8. The number of ether oxygens (including phenoxy) is 1. The summed E-state index contributed by atoms with van der Waals surface area (Å²) in [6.45, 7) is 7.71. The Morgan fingerprint density at radius 3 is 2.52 bits per heavy atom. The minimum Gasteiger partial charge on any atom is -0.494 e. The van der Waals surface area contributed by atoms with Gasteiger partial charge in [0.1, 0.15) is 0 Å². The molecule has 0 amide bonds. The normalized spacial score (nSPS) is 16.1. The molecule has 33 heavy (non-hydrogen) atoms. The van der Waals surface area contributed by atoms with Gasteiger partial charge in [-0.05, 0) is 49.9 Å². The fourth-order valence-electron chi connectivity index (χ4n) is 3.89. The average Bonchev–Trinajstić information content (AvgIpc) is 2.79. The highest BCUT2D eigenvalue weighted by atomic mass is 127. The highest BCUT2D eigenvalue weighted by molar-refractivity contribution is 14.0. The summed E-state index contributed by atoms with van der Waals surface area (Å²) in [7, 11) is 1.48. The lowest BCUT2D eigenvalue weighted by atomic mass is 10.0. The molecule has 2 aromatic rings. The largest absolute Gasteiger partial charge is 0.494 e. The van der Waals surface area contributed by atoms with Crippen LogP contribution in [-0.2, 0) is 6.54 Å². The zero-order valence-electron chi connectivity index (χ0n) is 19.7. The lowest BCUT2D eigenvalue weighted by molar-refractivity contribution is 0.186. The number of aliphatic hydroxyl groups is 1. The molecule has 1 aliphatic heterocycles. The van der Waals surface area contributed by atoms with Crippen LogP contribution in [0.1, 0.15) is 42.6 Å². The fraction of sp³-hybridized carbons (Fsp3) is 0.480. The van der Waals surface area contributed by atoms with E-state index in [2.05, 4.69) is 20.5 Å². The summed E-state index contributed by atoms with van der Waals surface area (Å²) in [4.78, 5) is 6.93. The van der Waals surface area contributed by atoms with Gasteiger partial charge in [0.05, 0.1) is 19.8 Å². The second-order valence-corrected chi connectivity index (χ2v) is 8.31. The van der Waals surface area contributed by atoms with E-state index in [1.165, 1.54) is 12.7 Å². The van der Waals surface area contributed by atoms with Gasteiger partial charge < -0.3 is 20.5 Å². The Morgan fingerprint density at radius 2 is 1.91 bits per heavy atom. The number of likely N-dealkylation sites (tertiary alicyclic amines) is 1. The maximum atomic E-state index is 13.9. The summed E-state index contributed by atoms with van der Waals surface area (Å²) in [5.41, 5.74) is 3.00. The van der Waals surface area contributed by atoms with Crippen LogP contribution >= 0.6 is 24.0 Å². The van der Waals surface area contributed by atoms with Crippen LogP contribution in [0, 0.1) is 12.7 Å². The molecule has 8 heteroatoms. The van der Waals surface area contributed by atoms with E-state index < -0.39 is 6.10 Å². The first-order valence-electron chi connectivity index (χ1n) is 11.3. The number of aryl methyl sites for hydroxylation is 1. The van der Waals surface area contributed by atoms with Crippen LogP contribution in [0.3, 0.4) is 0 Å². The molecular formula is C25H36FIN4O2. The van der Waals surface area contributed by atoms with Crippen molar-refractivity contribution in [2.24, 2.45) is 4.99 Å². The molecule has 0 aromatic heterocycles. The molecule has 1 atom stereocenters. The maximum Gasteiger partial charge on any atom is 0.191 e. The molecule has 3 rings (SSSR count). The van der Waals surface area contributed by atoms with E-state index in [0.29, 0.717) is 12.6 Å². The first-order chi connectivity index (χ1) is 15.5. The Balaban J connectivity index is 0.00000385. The SMILES string of the molecule is CCNC(=NCC(O)c1ccc(C)cc1)NC1CCN(Cc2ccc(OC)c(F)c2)CC1.I. The van der Waals surface area contributed by atoms with Crippen molar-refractivity contribution >= 4 is 29.9 Å². The van der Waals surface area contributed by atoms with E-state index in [-0.39, 0.29) is 35.5 Å². The molecule has 1 saturated heterocycles. The smallest absolute Gasteiger partial charge is 0.191 e. The molecular weight excluding hydrogens is 534 g/mol. The van der Waals surface area contributed by atoms with E-state index in [1.807, 2.05) is 44.2 Å². The first kappa shape index (κ1) is 27.3. The van der Waals surface area contributed by atoms with Gasteiger partial charge in [-0.1, -0.05) is 35.9 Å². The Bertz CT molecular complexity index is 886. The third kappa shape index (κ3) is 8.42. The minimum absolute atomic E-state index is 0. The van der Waals surface area contributed by atoms with Crippen LogP contribution in [0.2, 0.25) is 0 Å². The zero-order valence-corrected chi connectivity index (χ0v) is 22.0. The van der Waals surface area contributed by atoms with Crippen molar-refractivity contribution < 1.29 is 14.2 Å². The fourth-order valence-corrected chi connectivity index (χ4v) is 3.89. The number of aliphatic imine (C=N–C) groups is 1. The van der Waals surface area contributed by atoms with Crippen LogP contribution in [0.5, 0.6) is 5.75 Å². The number of guanidine groups is 1. The van der Waals surface area contributed by atoms with E-state index in [4.69, 9.17) is 4.74 Å². The Morgan fingerprint density at radius 1 is 1.21 bits per heavy atom. The van der Waals surface area contributed by atoms with Crippen molar-refractivity contribution in [2.75, 3.05) is 33.3 Å². The van der Waals surface area contributed by atoms with E-state index in [0.717, 1.165) is 56.1 Å². The molecule has 1 unspecified atom stereocenters. The Hall–Kier alpha value is -1.91. The van der Waals surface area contributed by atoms with Crippen molar-refractivity contribution in [3.8, 4) is 5.75 Å². The number of aliphatic hydroxyl groups excluding tert-OH is 1. The monoisotopic (exact) mass is 570 g/mol. The van der Waals surface area contributed by atoms with Gasteiger partial charge >= 0.3 is 0 Å². The third-order valence-electron chi connectivity index (χ3n) is 5.78. The Kier molecular flexibility index (Phi) is 11.4. The summed E-state index contributed by atoms with van der Waals surface area (Å²) in [6.07, 6.45) is 1.32. The maximum absolute atomic E-state index is 13.9. The lowest BCUT2D eigenvalue weighted by Gasteiger charge is -2.33. The molecule has 1 fully saturated rings. The van der Waals surface area contributed by atoms with Crippen LogP contribution in [0.4, 0.5) is 4.39 Å². The highest BCUT2D eigenvalue weighted by Crippen LogP contribution is 2.20. The molecule has 1 aliphatic rings. The quantitative estimate of drug-likeness (QED) is 0.254. The molecule has 182 valence electrons. The molecule has 3 N–H and O–H groups in total. The number of methoxy groups -OCH3 is 1. The van der Waals surface area contributed by atoms with Gasteiger partial charge in [0.2, 0.25) is 0 Å². The molecule has 0 spiro atoms. The summed E-state index contributed by atoms with van der Waals surface area (Å²) in [6, 6.07) is 13.4. The molecule has 2 aromatic carbocycles. The van der Waals surface area contributed by atoms with Crippen molar-refractivity contribution in [1.29, 1.82) is 0 Å². The van der Waals surface area contributed by atoms with E-state index in [9.17, 15) is 9.50 Å². The predicted molar refractivity (Wildman–Crippen MR) is 142 cm³/mol. The highest BCUT2D eigenvalue weighted by Gasteiger charge is 2.20. The standard InChI is InChI=1S/C25H35FN4O2.HI/c1-4-27-25(28-16-23(31)20-8-5-18(2)6-9-20)29-21-11-13-30(14-12-21)17-19-7-10-24(32-3)22(26)15-19;/h5-10,15,21,23,31H,4,11-14,16-17H2,1-3H3,(H2,27,28,29);1H. The van der Waals surface area contributed by atoms with Gasteiger partial charge in [0.15, 0.2) is 17.5 Å². The number of nitrogens with zero attached hydrogens (tertiary/aromatic N) is 2. The molecule has 1 heterocycles. The van der Waals surface area contributed by atoms with Crippen LogP contribution in [0.15, 0.2) is 47.5 Å². The summed E-state index contributed by atoms with van der Waals surface area (Å²) in [5.74, 6) is 0.689. The topological polar surface area (TPSA) is 69.1 Å². The van der Waals surface area contributed by atoms with Crippen LogP contribution < -0.4 is 15.4 Å². The van der Waals surface area contributed by atoms with Crippen molar-refractivity contribution in [3.05, 3.63) is 65.0 Å². The van der Waals surface area contributed by atoms with Crippen molar-refractivity contribution in [1.82, 2.24) is 15.5 Å². The van der Waals surface area contributed by atoms with Gasteiger partial charge in [-0.2, -0.15) is 0 Å². The number of hydrogen-bond acceptors (Lipinski definition) is 4. The zero-order chi connectivity index (χ0) is 22.9. The molecule has 6 nitrogen and oxygen atoms in total. The van der Waals surface area contributed by atoms with Crippen molar-refractivity contribution in [2.45, 2.75) is 45.4 Å². The average molecular weight is 570 g/mol. The van der Waals surface area contributed by atoms with Gasteiger partial charge in [0, 0.05) is 32.2 Å². The first-order valence-corrected chi connectivity index (χ1v) is 11.3. The third-order valence-corrected chi connectivity index (χ3v) is 5.78. The van der Waals surface area contributed by atoms with Gasteiger partial charge in [0.25, 0.3) is 0 Å². The number of halogens is 2. The summed E-state index contributed by atoms with van der Waals surface area (Å²) >= 11 is 0. The molecule has 0 aliphatic carbocycles. The Labute approximate surface area is 213 Å². The molecule has 0 saturated carbocycles. The second-order valence-electron chi connectivity index (χ2n) is 8.31. The number of piperidine rings is 1. The summed E-state index contributed by atoms with van der Waals surface area (Å²) < 4.78 is 18.9. The van der Waals surface area contributed by atoms with Crippen LogP contribution in [-0.4, -0.2) is 55.3 Å². The van der Waals surface area contributed by atoms with E-state index >= 15 is 0 Å². The lowest BCUT2D eigenvalue weighted by Crippen LogP contribution is -2.48. The molecule has 0 radical (unpaired) electrons.